The molecule has 7 heteroatoms. The molecular formula is C14H12N2O5. The molecule has 0 unspecified atom stereocenters. The van der Waals surface area contributed by atoms with Gasteiger partial charge in [0.2, 0.25) is 5.91 Å². The number of carboxylic acid groups (broad SMARTS) is 1. The number of rotatable bonds is 3. The summed E-state index contributed by atoms with van der Waals surface area (Å²) in [6.45, 7) is 0. The molecule has 1 aromatic rings. The van der Waals surface area contributed by atoms with E-state index in [9.17, 15) is 19.2 Å². The summed E-state index contributed by atoms with van der Waals surface area (Å²) in [7, 11) is 0. The molecule has 7 nitrogen and oxygen atoms in total. The summed E-state index contributed by atoms with van der Waals surface area (Å²) in [6, 6.07) is 8.86. The minimum absolute atomic E-state index is 0.281. The summed E-state index contributed by atoms with van der Waals surface area (Å²) in [5, 5.41) is 7.87. The number of primary amides is 1. The van der Waals surface area contributed by atoms with Crippen molar-refractivity contribution in [1.29, 1.82) is 0 Å². The Morgan fingerprint density at radius 2 is 1.52 bits per heavy atom. The van der Waals surface area contributed by atoms with Gasteiger partial charge in [-0.15, -0.1) is 0 Å². The number of hydrogen-bond acceptors (Lipinski definition) is 4. The Labute approximate surface area is 120 Å². The molecule has 0 saturated heterocycles. The number of carboxylic acids is 1. The van der Waals surface area contributed by atoms with Gasteiger partial charge in [-0.25, -0.2) is 9.69 Å². The number of aliphatic carboxylic acids is 1. The van der Waals surface area contributed by atoms with Crippen LogP contribution in [0, 0.1) is 0 Å². The van der Waals surface area contributed by atoms with E-state index in [-0.39, 0.29) is 11.8 Å². The third-order valence-corrected chi connectivity index (χ3v) is 2.21. The molecule has 3 N–H and O–H groups in total. The SMILES string of the molecule is NC(=O)/C=C\C(=O)O.O=C1C=CC(=O)N1c1ccccc1. The second-order valence-electron chi connectivity index (χ2n) is 3.75. The maximum atomic E-state index is 11.2. The van der Waals surface area contributed by atoms with Crippen molar-refractivity contribution < 1.29 is 24.3 Å². The van der Waals surface area contributed by atoms with E-state index < -0.39 is 11.9 Å². The highest BCUT2D eigenvalue weighted by atomic mass is 16.4. The number of carbonyl (C=O) groups is 4. The molecule has 0 radical (unpaired) electrons. The first-order chi connectivity index (χ1) is 9.91. The van der Waals surface area contributed by atoms with Gasteiger partial charge in [-0.1, -0.05) is 18.2 Å². The van der Waals surface area contributed by atoms with Crippen molar-refractivity contribution in [3.63, 3.8) is 0 Å². The second-order valence-corrected chi connectivity index (χ2v) is 3.75. The Bertz CT molecular complexity index is 586. The highest BCUT2D eigenvalue weighted by Crippen LogP contribution is 2.17. The van der Waals surface area contributed by atoms with Gasteiger partial charge >= 0.3 is 5.97 Å². The quantitative estimate of drug-likeness (QED) is 0.609. The molecule has 0 atom stereocenters. The number of imide groups is 1. The third-order valence-electron chi connectivity index (χ3n) is 2.21. The Morgan fingerprint density at radius 1 is 1.00 bits per heavy atom. The molecule has 1 aliphatic heterocycles. The number of para-hydroxylation sites is 1. The van der Waals surface area contributed by atoms with Crippen molar-refractivity contribution in [2.24, 2.45) is 5.73 Å². The molecule has 0 spiro atoms. The maximum Gasteiger partial charge on any atom is 0.328 e. The van der Waals surface area contributed by atoms with Crippen molar-refractivity contribution in [2.45, 2.75) is 0 Å². The van der Waals surface area contributed by atoms with Crippen LogP contribution in [0.2, 0.25) is 0 Å². The van der Waals surface area contributed by atoms with E-state index in [1.807, 2.05) is 6.07 Å². The van der Waals surface area contributed by atoms with Crippen LogP contribution in [-0.4, -0.2) is 28.8 Å². The summed E-state index contributed by atoms with van der Waals surface area (Å²) < 4.78 is 0. The first-order valence-corrected chi connectivity index (χ1v) is 5.73. The number of amides is 3. The van der Waals surface area contributed by atoms with Crippen molar-refractivity contribution in [3.05, 3.63) is 54.6 Å². The maximum absolute atomic E-state index is 11.2. The number of nitrogens with zero attached hydrogens (tertiary/aromatic N) is 1. The van der Waals surface area contributed by atoms with Gasteiger partial charge in [-0.2, -0.15) is 0 Å². The highest BCUT2D eigenvalue weighted by Gasteiger charge is 2.24. The summed E-state index contributed by atoms with van der Waals surface area (Å²) in [6.07, 6.45) is 4.01. The fourth-order valence-corrected chi connectivity index (χ4v) is 1.39. The molecule has 1 aromatic carbocycles. The van der Waals surface area contributed by atoms with Crippen molar-refractivity contribution >= 4 is 29.4 Å². The zero-order valence-electron chi connectivity index (χ0n) is 10.8. The molecular weight excluding hydrogens is 276 g/mol. The lowest BCUT2D eigenvalue weighted by Crippen LogP contribution is -2.29. The summed E-state index contributed by atoms with van der Waals surface area (Å²) >= 11 is 0. The number of carbonyl (C=O) groups excluding carboxylic acids is 3. The lowest BCUT2D eigenvalue weighted by atomic mass is 10.3. The molecule has 108 valence electrons. The first kappa shape index (κ1) is 15.8. The van der Waals surface area contributed by atoms with E-state index in [0.717, 1.165) is 11.0 Å². The zero-order chi connectivity index (χ0) is 15.8. The van der Waals surface area contributed by atoms with Gasteiger partial charge in [0, 0.05) is 24.3 Å². The van der Waals surface area contributed by atoms with Crippen LogP contribution in [0.15, 0.2) is 54.6 Å². The third kappa shape index (κ3) is 5.11. The van der Waals surface area contributed by atoms with Gasteiger partial charge in [-0.05, 0) is 12.1 Å². The number of anilines is 1. The average Bonchev–Trinajstić information content (AvgIpc) is 2.77. The van der Waals surface area contributed by atoms with E-state index in [0.29, 0.717) is 11.8 Å². The van der Waals surface area contributed by atoms with E-state index in [1.54, 1.807) is 24.3 Å². The van der Waals surface area contributed by atoms with Crippen LogP contribution in [0.25, 0.3) is 0 Å². The summed E-state index contributed by atoms with van der Waals surface area (Å²) in [5.41, 5.74) is 5.17. The molecule has 0 bridgehead atoms. The molecule has 0 aromatic heterocycles. The average molecular weight is 288 g/mol. The molecule has 2 rings (SSSR count). The number of benzene rings is 1. The minimum atomic E-state index is -1.18. The van der Waals surface area contributed by atoms with Gasteiger partial charge in [0.15, 0.2) is 0 Å². The smallest absolute Gasteiger partial charge is 0.328 e. The van der Waals surface area contributed by atoms with Crippen LogP contribution in [-0.2, 0) is 19.2 Å². The van der Waals surface area contributed by atoms with Gasteiger partial charge in [-0.3, -0.25) is 14.4 Å². The fraction of sp³-hybridized carbons (Fsp3) is 0. The number of hydrogen-bond donors (Lipinski definition) is 2. The van der Waals surface area contributed by atoms with Gasteiger partial charge in [0.25, 0.3) is 11.8 Å². The predicted octanol–water partition coefficient (Wildman–Crippen LogP) is 0.229. The lowest BCUT2D eigenvalue weighted by molar-refractivity contribution is -0.131. The minimum Gasteiger partial charge on any atom is -0.478 e. The number of nitrogens with two attached hydrogens (primary N) is 1. The second kappa shape index (κ2) is 7.39. The van der Waals surface area contributed by atoms with Crippen molar-refractivity contribution in [2.75, 3.05) is 4.90 Å². The van der Waals surface area contributed by atoms with E-state index in [2.05, 4.69) is 5.73 Å². The molecule has 0 fully saturated rings. The largest absolute Gasteiger partial charge is 0.478 e. The van der Waals surface area contributed by atoms with Crippen LogP contribution < -0.4 is 10.6 Å². The molecule has 0 saturated carbocycles. The lowest BCUT2D eigenvalue weighted by Gasteiger charge is -2.12. The van der Waals surface area contributed by atoms with Crippen LogP contribution >= 0.6 is 0 Å². The Balaban J connectivity index is 0.000000240. The normalized spacial score (nSPS) is 13.2. The topological polar surface area (TPSA) is 118 Å². The van der Waals surface area contributed by atoms with E-state index in [1.165, 1.54) is 12.2 Å². The summed E-state index contributed by atoms with van der Waals surface area (Å²) in [4.78, 5) is 42.9. The monoisotopic (exact) mass is 288 g/mol. The summed E-state index contributed by atoms with van der Waals surface area (Å²) in [5.74, 6) is -2.50. The van der Waals surface area contributed by atoms with Crippen molar-refractivity contribution in [3.8, 4) is 0 Å². The Morgan fingerprint density at radius 3 is 1.90 bits per heavy atom. The van der Waals surface area contributed by atoms with E-state index in [4.69, 9.17) is 5.11 Å². The predicted molar refractivity (Wildman–Crippen MR) is 74.0 cm³/mol. The fourth-order valence-electron chi connectivity index (χ4n) is 1.39. The Hall–Kier alpha value is -3.22. The van der Waals surface area contributed by atoms with Crippen LogP contribution in [0.1, 0.15) is 0 Å². The van der Waals surface area contributed by atoms with Crippen molar-refractivity contribution in [1.82, 2.24) is 0 Å². The van der Waals surface area contributed by atoms with Crippen LogP contribution in [0.3, 0.4) is 0 Å². The zero-order valence-corrected chi connectivity index (χ0v) is 10.8. The van der Waals surface area contributed by atoms with Gasteiger partial charge < -0.3 is 10.8 Å². The first-order valence-electron chi connectivity index (χ1n) is 5.73. The van der Waals surface area contributed by atoms with E-state index >= 15 is 0 Å². The Kier molecular flexibility index (Phi) is 5.57. The van der Waals surface area contributed by atoms with Gasteiger partial charge in [0.05, 0.1) is 5.69 Å². The highest BCUT2D eigenvalue weighted by molar-refractivity contribution is 6.28. The molecule has 3 amide bonds. The van der Waals surface area contributed by atoms with Crippen LogP contribution in [0.5, 0.6) is 0 Å². The van der Waals surface area contributed by atoms with Crippen LogP contribution in [0.4, 0.5) is 5.69 Å². The standard InChI is InChI=1S/C10H7NO2.C4H5NO3/c12-9-6-7-10(13)11(9)8-4-2-1-3-5-8;5-3(6)1-2-4(7)8/h1-7H;1-2H,(H2,5,6)(H,7,8)/b;2-1-. The van der Waals surface area contributed by atoms with Gasteiger partial charge in [0.1, 0.15) is 0 Å². The molecule has 1 heterocycles. The molecule has 21 heavy (non-hydrogen) atoms. The molecule has 1 aliphatic rings. The molecule has 0 aliphatic carbocycles.